The first-order valence-electron chi connectivity index (χ1n) is 10.6. The van der Waals surface area contributed by atoms with Crippen LogP contribution in [0.25, 0.3) is 0 Å². The number of H-pyrrole nitrogens is 1. The van der Waals surface area contributed by atoms with Gasteiger partial charge in [0.1, 0.15) is 0 Å². The predicted molar refractivity (Wildman–Crippen MR) is 114 cm³/mol. The number of sulfonamides is 1. The first-order chi connectivity index (χ1) is 14.5. The third kappa shape index (κ3) is 4.65. The molecule has 10 heteroatoms. The molecule has 0 aliphatic carbocycles. The van der Waals surface area contributed by atoms with Gasteiger partial charge in [-0.15, -0.1) is 5.10 Å². The second-order valence-corrected chi connectivity index (χ2v) is 9.77. The van der Waals surface area contributed by atoms with Crippen LogP contribution in [0.4, 0.5) is 11.9 Å². The summed E-state index contributed by atoms with van der Waals surface area (Å²) in [5.41, 5.74) is 0.362. The van der Waals surface area contributed by atoms with Crippen molar-refractivity contribution in [3.05, 3.63) is 29.8 Å². The molecule has 1 aromatic carbocycles. The maximum absolute atomic E-state index is 12.9. The van der Waals surface area contributed by atoms with Crippen molar-refractivity contribution in [2.75, 3.05) is 36.4 Å². The fraction of sp³-hybridized carbons (Fsp3) is 0.550. The first kappa shape index (κ1) is 20.8. The Morgan fingerprint density at radius 3 is 2.17 bits per heavy atom. The molecule has 9 nitrogen and oxygen atoms in total. The van der Waals surface area contributed by atoms with Crippen molar-refractivity contribution in [1.82, 2.24) is 19.5 Å². The molecule has 0 saturated carbocycles. The molecule has 0 atom stereocenters. The van der Waals surface area contributed by atoms with Crippen molar-refractivity contribution in [3.63, 3.8) is 0 Å². The van der Waals surface area contributed by atoms with Crippen LogP contribution < -0.4 is 10.2 Å². The number of hydrogen-bond acceptors (Lipinski definition) is 6. The molecular weight excluding hydrogens is 404 g/mol. The van der Waals surface area contributed by atoms with Crippen LogP contribution >= 0.6 is 0 Å². The minimum absolute atomic E-state index is 0.216. The van der Waals surface area contributed by atoms with Gasteiger partial charge in [0.2, 0.25) is 21.9 Å². The van der Waals surface area contributed by atoms with Crippen molar-refractivity contribution in [3.8, 4) is 0 Å². The van der Waals surface area contributed by atoms with Gasteiger partial charge in [-0.2, -0.15) is 9.29 Å². The molecule has 0 radical (unpaired) electrons. The Balaban J connectivity index is 1.41. The summed E-state index contributed by atoms with van der Waals surface area (Å²) in [5.74, 6) is 0.501. The van der Waals surface area contributed by atoms with Gasteiger partial charge >= 0.3 is 0 Å². The summed E-state index contributed by atoms with van der Waals surface area (Å²) in [6.45, 7) is 2.93. The van der Waals surface area contributed by atoms with E-state index >= 15 is 0 Å². The largest absolute Gasteiger partial charge is 0.340 e. The van der Waals surface area contributed by atoms with Crippen LogP contribution in [0.3, 0.4) is 0 Å². The molecule has 2 saturated heterocycles. The molecule has 1 aromatic heterocycles. The summed E-state index contributed by atoms with van der Waals surface area (Å²) in [6.07, 6.45) is 7.34. The Bertz CT molecular complexity index is 959. The van der Waals surface area contributed by atoms with E-state index in [1.807, 2.05) is 0 Å². The molecule has 0 bridgehead atoms. The number of anilines is 2. The highest BCUT2D eigenvalue weighted by atomic mass is 32.2. The normalized spacial score (nSPS) is 18.7. The summed E-state index contributed by atoms with van der Waals surface area (Å²) >= 11 is 0. The van der Waals surface area contributed by atoms with Crippen LogP contribution in [0.1, 0.15) is 55.3 Å². The quantitative estimate of drug-likeness (QED) is 0.751. The Morgan fingerprint density at radius 2 is 1.50 bits per heavy atom. The Kier molecular flexibility index (Phi) is 6.33. The number of nitrogens with one attached hydrogen (secondary N) is 2. The summed E-state index contributed by atoms with van der Waals surface area (Å²) in [4.78, 5) is 19.2. The molecule has 0 unspecified atom stereocenters. The molecule has 2 N–H and O–H groups in total. The van der Waals surface area contributed by atoms with E-state index in [9.17, 15) is 13.2 Å². The molecular formula is C20H28N6O3S. The van der Waals surface area contributed by atoms with E-state index in [2.05, 4.69) is 25.4 Å². The average Bonchev–Trinajstić information content (AvgIpc) is 3.05. The predicted octanol–water partition coefficient (Wildman–Crippen LogP) is 2.61. The summed E-state index contributed by atoms with van der Waals surface area (Å²) in [5, 5.41) is 9.63. The number of aromatic nitrogens is 3. The van der Waals surface area contributed by atoms with E-state index in [-0.39, 0.29) is 16.8 Å². The van der Waals surface area contributed by atoms with Crippen molar-refractivity contribution in [2.45, 2.75) is 49.8 Å². The van der Waals surface area contributed by atoms with E-state index in [4.69, 9.17) is 0 Å². The van der Waals surface area contributed by atoms with Crippen LogP contribution in [0, 0.1) is 0 Å². The van der Waals surface area contributed by atoms with Gasteiger partial charge in [-0.25, -0.2) is 13.5 Å². The van der Waals surface area contributed by atoms with E-state index in [1.54, 1.807) is 4.31 Å². The molecule has 2 aromatic rings. The van der Waals surface area contributed by atoms with Crippen molar-refractivity contribution in [1.29, 1.82) is 0 Å². The van der Waals surface area contributed by atoms with Gasteiger partial charge in [0.15, 0.2) is 0 Å². The third-order valence-corrected chi connectivity index (χ3v) is 7.58. The number of carbonyl (C=O) groups excluding carboxylic acids is 1. The van der Waals surface area contributed by atoms with Gasteiger partial charge in [0, 0.05) is 31.7 Å². The second-order valence-electron chi connectivity index (χ2n) is 7.83. The van der Waals surface area contributed by atoms with Gasteiger partial charge in [0.05, 0.1) is 4.90 Å². The molecule has 0 spiro atoms. The van der Waals surface area contributed by atoms with Gasteiger partial charge in [-0.1, -0.05) is 12.8 Å². The number of rotatable bonds is 5. The lowest BCUT2D eigenvalue weighted by molar-refractivity contribution is 0.102. The monoisotopic (exact) mass is 432 g/mol. The molecule has 2 aliphatic heterocycles. The van der Waals surface area contributed by atoms with Gasteiger partial charge in [-0.3, -0.25) is 10.1 Å². The highest BCUT2D eigenvalue weighted by Crippen LogP contribution is 2.21. The van der Waals surface area contributed by atoms with Crippen molar-refractivity contribution in [2.24, 2.45) is 0 Å². The number of nitrogens with zero attached hydrogens (tertiary/aromatic N) is 4. The zero-order valence-electron chi connectivity index (χ0n) is 17.0. The van der Waals surface area contributed by atoms with Gasteiger partial charge < -0.3 is 4.90 Å². The molecule has 3 heterocycles. The number of carbonyl (C=O) groups is 1. The van der Waals surface area contributed by atoms with Crippen LogP contribution in [-0.4, -0.2) is 60.0 Å². The summed E-state index contributed by atoms with van der Waals surface area (Å²) in [6, 6.07) is 6.05. The minimum atomic E-state index is -3.53. The number of aromatic amines is 1. The molecule has 162 valence electrons. The average molecular weight is 433 g/mol. The smallest absolute Gasteiger partial charge is 0.258 e. The highest BCUT2D eigenvalue weighted by Gasteiger charge is 2.25. The maximum Gasteiger partial charge on any atom is 0.258 e. The third-order valence-electron chi connectivity index (χ3n) is 5.66. The van der Waals surface area contributed by atoms with Crippen LogP contribution in [0.2, 0.25) is 0 Å². The SMILES string of the molecule is O=C(Nc1nc(N2CCCCC2)n[nH]1)c1ccc(S(=O)(=O)N2CCCCCC2)cc1. The number of amides is 1. The van der Waals surface area contributed by atoms with E-state index < -0.39 is 10.0 Å². The van der Waals surface area contributed by atoms with Crippen molar-refractivity contribution < 1.29 is 13.2 Å². The summed E-state index contributed by atoms with van der Waals surface area (Å²) in [7, 11) is -3.53. The summed E-state index contributed by atoms with van der Waals surface area (Å²) < 4.78 is 27.3. The fourth-order valence-corrected chi connectivity index (χ4v) is 5.45. The highest BCUT2D eigenvalue weighted by molar-refractivity contribution is 7.89. The lowest BCUT2D eigenvalue weighted by Gasteiger charge is -2.24. The Labute approximate surface area is 176 Å². The van der Waals surface area contributed by atoms with Gasteiger partial charge in [0.25, 0.3) is 5.91 Å². The maximum atomic E-state index is 12.9. The van der Waals surface area contributed by atoms with Crippen LogP contribution in [0.5, 0.6) is 0 Å². The van der Waals surface area contributed by atoms with Crippen molar-refractivity contribution >= 4 is 27.8 Å². The number of hydrogen-bond donors (Lipinski definition) is 2. The lowest BCUT2D eigenvalue weighted by atomic mass is 10.1. The zero-order chi connectivity index (χ0) is 21.0. The van der Waals surface area contributed by atoms with Crippen LogP contribution in [0.15, 0.2) is 29.2 Å². The van der Waals surface area contributed by atoms with E-state index in [1.165, 1.54) is 30.7 Å². The first-order valence-corrected chi connectivity index (χ1v) is 12.1. The minimum Gasteiger partial charge on any atom is -0.340 e. The second kappa shape index (κ2) is 9.13. The Morgan fingerprint density at radius 1 is 0.900 bits per heavy atom. The van der Waals surface area contributed by atoms with Crippen LogP contribution in [-0.2, 0) is 10.0 Å². The molecule has 30 heavy (non-hydrogen) atoms. The fourth-order valence-electron chi connectivity index (χ4n) is 3.93. The molecule has 2 aliphatic rings. The number of benzene rings is 1. The molecule has 1 amide bonds. The van der Waals surface area contributed by atoms with Gasteiger partial charge in [-0.05, 0) is 56.4 Å². The van der Waals surface area contributed by atoms with E-state index in [0.717, 1.165) is 51.6 Å². The standard InChI is InChI=1S/C20H28N6O3S/c27-18(21-19-22-20(24-23-19)25-12-4-3-5-13-25)16-8-10-17(11-9-16)30(28,29)26-14-6-1-2-7-15-26/h8-11H,1-7,12-15H2,(H2,21,22,23,24,27). The zero-order valence-corrected chi connectivity index (χ0v) is 17.8. The Hall–Kier alpha value is -2.46. The molecule has 4 rings (SSSR count). The topological polar surface area (TPSA) is 111 Å². The number of piperidine rings is 1. The van der Waals surface area contributed by atoms with E-state index in [0.29, 0.717) is 24.6 Å². The molecule has 2 fully saturated rings. The lowest BCUT2D eigenvalue weighted by Crippen LogP contribution is -2.31.